The van der Waals surface area contributed by atoms with Crippen LogP contribution in [0.1, 0.15) is 29.5 Å². The second kappa shape index (κ2) is 10.9. The summed E-state index contributed by atoms with van der Waals surface area (Å²) in [6.45, 7) is 3.68. The lowest BCUT2D eigenvalue weighted by Gasteiger charge is -2.13. The van der Waals surface area contributed by atoms with Crippen LogP contribution in [0.25, 0.3) is 0 Å². The van der Waals surface area contributed by atoms with E-state index >= 15 is 0 Å². The second-order valence-electron chi connectivity index (χ2n) is 7.41. The van der Waals surface area contributed by atoms with Crippen LogP contribution in [0, 0.1) is 12.8 Å². The molecule has 0 amide bonds. The number of guanidine groups is 1. The Balaban J connectivity index is 0.00000320. The van der Waals surface area contributed by atoms with E-state index in [1.54, 1.807) is 26.2 Å². The quantitative estimate of drug-likeness (QED) is 0.302. The molecule has 7 nitrogen and oxygen atoms in total. The maximum absolute atomic E-state index is 11.7. The molecule has 2 aromatic rings. The molecule has 30 heavy (non-hydrogen) atoms. The number of nitrogens with one attached hydrogen (secondary N) is 2. The third-order valence-corrected chi connectivity index (χ3v) is 6.00. The molecule has 1 aromatic heterocycles. The Morgan fingerprint density at radius 1 is 1.17 bits per heavy atom. The van der Waals surface area contributed by atoms with Crippen molar-refractivity contribution >= 4 is 39.8 Å². The summed E-state index contributed by atoms with van der Waals surface area (Å²) < 4.78 is 29.2. The minimum Gasteiger partial charge on any atom is -0.477 e. The molecule has 0 spiro atoms. The van der Waals surface area contributed by atoms with Gasteiger partial charge in [0, 0.05) is 38.7 Å². The van der Waals surface area contributed by atoms with E-state index in [4.69, 9.17) is 4.74 Å². The number of aromatic nitrogens is 1. The lowest BCUT2D eigenvalue weighted by atomic mass is 10.1. The molecular formula is C21H29IN4O3S. The third-order valence-electron chi connectivity index (χ3n) is 4.75. The standard InChI is InChI=1S/C21H28N4O3S.HI/c1-15-10-17(6-7-19(15)29(3,26)27)12-24-21(22-2)25-13-18-8-9-23-20(11-18)28-14-16-4-5-16;/h6-11,16H,4-5,12-14H2,1-3H3,(H2,22,24,25);1H. The molecule has 0 aliphatic heterocycles. The molecule has 9 heteroatoms. The van der Waals surface area contributed by atoms with Gasteiger partial charge in [-0.15, -0.1) is 24.0 Å². The highest BCUT2D eigenvalue weighted by molar-refractivity contribution is 14.0. The van der Waals surface area contributed by atoms with Gasteiger partial charge in [0.1, 0.15) is 0 Å². The number of ether oxygens (including phenoxy) is 1. The zero-order valence-corrected chi connectivity index (χ0v) is 20.7. The molecule has 1 aromatic carbocycles. The fourth-order valence-electron chi connectivity index (χ4n) is 2.96. The van der Waals surface area contributed by atoms with Crippen molar-refractivity contribution < 1.29 is 13.2 Å². The molecular weight excluding hydrogens is 515 g/mol. The summed E-state index contributed by atoms with van der Waals surface area (Å²) >= 11 is 0. The van der Waals surface area contributed by atoms with Crippen molar-refractivity contribution in [3.63, 3.8) is 0 Å². The molecule has 3 rings (SSSR count). The number of nitrogens with zero attached hydrogens (tertiary/aromatic N) is 2. The Hall–Kier alpha value is -1.88. The van der Waals surface area contributed by atoms with Gasteiger partial charge in [0.05, 0.1) is 11.5 Å². The Morgan fingerprint density at radius 2 is 1.83 bits per heavy atom. The Kier molecular flexibility index (Phi) is 8.90. The number of rotatable bonds is 8. The van der Waals surface area contributed by atoms with Gasteiger partial charge in [-0.2, -0.15) is 0 Å². The zero-order valence-electron chi connectivity index (χ0n) is 17.5. The van der Waals surface area contributed by atoms with E-state index in [-0.39, 0.29) is 24.0 Å². The predicted molar refractivity (Wildman–Crippen MR) is 129 cm³/mol. The molecule has 0 saturated heterocycles. The third kappa shape index (κ3) is 7.42. The minimum atomic E-state index is -3.21. The number of halogens is 1. The van der Waals surface area contributed by atoms with Gasteiger partial charge in [0.2, 0.25) is 5.88 Å². The lowest BCUT2D eigenvalue weighted by Crippen LogP contribution is -2.36. The first-order valence-corrected chi connectivity index (χ1v) is 11.6. The lowest BCUT2D eigenvalue weighted by molar-refractivity contribution is 0.288. The van der Waals surface area contributed by atoms with Crippen LogP contribution in [-0.2, 0) is 22.9 Å². The Bertz CT molecular complexity index is 991. The molecule has 1 fully saturated rings. The number of pyridine rings is 1. The zero-order chi connectivity index (χ0) is 20.9. The smallest absolute Gasteiger partial charge is 0.213 e. The fraction of sp³-hybridized carbons (Fsp3) is 0.429. The molecule has 1 aliphatic carbocycles. The van der Waals surface area contributed by atoms with E-state index in [2.05, 4.69) is 20.6 Å². The normalized spacial score (nSPS) is 14.0. The van der Waals surface area contributed by atoms with Crippen molar-refractivity contribution in [2.45, 2.75) is 37.8 Å². The van der Waals surface area contributed by atoms with Crippen LogP contribution in [0.2, 0.25) is 0 Å². The van der Waals surface area contributed by atoms with Crippen LogP contribution in [0.4, 0.5) is 0 Å². The summed E-state index contributed by atoms with van der Waals surface area (Å²) in [7, 11) is -1.49. The maximum atomic E-state index is 11.7. The van der Waals surface area contributed by atoms with Crippen LogP contribution in [0.3, 0.4) is 0 Å². The van der Waals surface area contributed by atoms with Gasteiger partial charge in [-0.25, -0.2) is 13.4 Å². The number of sulfone groups is 1. The summed E-state index contributed by atoms with van der Waals surface area (Å²) in [6.07, 6.45) is 5.47. The van der Waals surface area contributed by atoms with Gasteiger partial charge in [0.25, 0.3) is 0 Å². The van der Waals surface area contributed by atoms with Crippen LogP contribution in [0.15, 0.2) is 46.4 Å². The average molecular weight is 544 g/mol. The number of aryl methyl sites for hydroxylation is 1. The van der Waals surface area contributed by atoms with Crippen LogP contribution >= 0.6 is 24.0 Å². The molecule has 1 saturated carbocycles. The van der Waals surface area contributed by atoms with Crippen LogP contribution in [0.5, 0.6) is 5.88 Å². The molecule has 0 radical (unpaired) electrons. The number of benzene rings is 1. The summed E-state index contributed by atoms with van der Waals surface area (Å²) in [6, 6.07) is 9.23. The highest BCUT2D eigenvalue weighted by Gasteiger charge is 2.22. The van der Waals surface area contributed by atoms with E-state index < -0.39 is 9.84 Å². The molecule has 0 unspecified atom stereocenters. The summed E-state index contributed by atoms with van der Waals surface area (Å²) in [5.41, 5.74) is 2.78. The highest BCUT2D eigenvalue weighted by atomic mass is 127. The van der Waals surface area contributed by atoms with Gasteiger partial charge in [-0.1, -0.05) is 12.1 Å². The molecule has 1 heterocycles. The number of hydrogen-bond acceptors (Lipinski definition) is 5. The van der Waals surface area contributed by atoms with E-state index in [0.717, 1.165) is 23.3 Å². The number of aliphatic imine (C=N–C) groups is 1. The topological polar surface area (TPSA) is 92.7 Å². The first kappa shape index (κ1) is 24.4. The van der Waals surface area contributed by atoms with Crippen molar-refractivity contribution in [1.29, 1.82) is 0 Å². The van der Waals surface area contributed by atoms with Crippen molar-refractivity contribution in [3.8, 4) is 5.88 Å². The summed E-state index contributed by atoms with van der Waals surface area (Å²) in [4.78, 5) is 8.86. The van der Waals surface area contributed by atoms with Gasteiger partial charge < -0.3 is 15.4 Å². The first-order chi connectivity index (χ1) is 13.8. The fourth-order valence-corrected chi connectivity index (χ4v) is 3.92. The molecule has 2 N–H and O–H groups in total. The molecule has 1 aliphatic rings. The highest BCUT2D eigenvalue weighted by Crippen LogP contribution is 2.29. The molecule has 0 bridgehead atoms. The first-order valence-electron chi connectivity index (χ1n) is 9.67. The molecule has 164 valence electrons. The van der Waals surface area contributed by atoms with Crippen molar-refractivity contribution in [3.05, 3.63) is 53.2 Å². The van der Waals surface area contributed by atoms with Crippen molar-refractivity contribution in [2.24, 2.45) is 10.9 Å². The predicted octanol–water partition coefficient (Wildman–Crippen LogP) is 3.07. The van der Waals surface area contributed by atoms with Gasteiger partial charge in [-0.3, -0.25) is 4.99 Å². The Labute approximate surface area is 195 Å². The monoisotopic (exact) mass is 544 g/mol. The minimum absolute atomic E-state index is 0. The van der Waals surface area contributed by atoms with E-state index in [0.29, 0.717) is 35.7 Å². The number of hydrogen-bond donors (Lipinski definition) is 2. The van der Waals surface area contributed by atoms with Gasteiger partial charge in [0.15, 0.2) is 15.8 Å². The van der Waals surface area contributed by atoms with E-state index in [1.165, 1.54) is 19.1 Å². The summed E-state index contributed by atoms with van der Waals surface area (Å²) in [5, 5.41) is 6.52. The van der Waals surface area contributed by atoms with Gasteiger partial charge >= 0.3 is 0 Å². The maximum Gasteiger partial charge on any atom is 0.213 e. The van der Waals surface area contributed by atoms with Crippen LogP contribution < -0.4 is 15.4 Å². The molecule has 0 atom stereocenters. The van der Waals surface area contributed by atoms with Crippen LogP contribution in [-0.4, -0.2) is 39.3 Å². The van der Waals surface area contributed by atoms with Gasteiger partial charge in [-0.05, 0) is 54.5 Å². The SMILES string of the molecule is CN=C(NCc1ccnc(OCC2CC2)c1)NCc1ccc(S(C)(=O)=O)c(C)c1.I. The van der Waals surface area contributed by atoms with E-state index in [1.807, 2.05) is 24.3 Å². The summed E-state index contributed by atoms with van der Waals surface area (Å²) in [5.74, 6) is 2.00. The van der Waals surface area contributed by atoms with Crippen molar-refractivity contribution in [1.82, 2.24) is 15.6 Å². The van der Waals surface area contributed by atoms with Crippen molar-refractivity contribution in [2.75, 3.05) is 19.9 Å². The largest absolute Gasteiger partial charge is 0.477 e. The van der Waals surface area contributed by atoms with E-state index in [9.17, 15) is 8.42 Å². The average Bonchev–Trinajstić information content (AvgIpc) is 3.50. The Morgan fingerprint density at radius 3 is 2.40 bits per heavy atom. The second-order valence-corrected chi connectivity index (χ2v) is 9.39.